The van der Waals surface area contributed by atoms with Gasteiger partial charge < -0.3 is 11.1 Å². The molecule has 1 saturated heterocycles. The van der Waals surface area contributed by atoms with E-state index in [1.807, 2.05) is 0 Å². The molecule has 0 bridgehead atoms. The van der Waals surface area contributed by atoms with Crippen LogP contribution in [0.5, 0.6) is 0 Å². The number of carbonyl (C=O) groups is 1. The summed E-state index contributed by atoms with van der Waals surface area (Å²) in [5.41, 5.74) is 4.54. The van der Waals surface area contributed by atoms with Crippen LogP contribution in [0.15, 0.2) is 23.1 Å². The van der Waals surface area contributed by atoms with E-state index >= 15 is 0 Å². The molecule has 108 valence electrons. The van der Waals surface area contributed by atoms with E-state index in [4.69, 9.17) is 5.73 Å². The Bertz CT molecular complexity index is 672. The molecule has 0 radical (unpaired) electrons. The van der Waals surface area contributed by atoms with Gasteiger partial charge in [0.05, 0.1) is 4.92 Å². The highest BCUT2D eigenvalue weighted by molar-refractivity contribution is 7.89. The Balaban J connectivity index is 2.37. The molecule has 20 heavy (non-hydrogen) atoms. The first kappa shape index (κ1) is 14.2. The molecule has 10 heteroatoms. The lowest BCUT2D eigenvalue weighted by atomic mass is 10.3. The molecule has 1 aliphatic heterocycles. The van der Waals surface area contributed by atoms with Gasteiger partial charge in [0, 0.05) is 19.0 Å². The van der Waals surface area contributed by atoms with Gasteiger partial charge in [-0.3, -0.25) is 14.9 Å². The van der Waals surface area contributed by atoms with Crippen molar-refractivity contribution in [2.45, 2.75) is 17.4 Å². The zero-order valence-electron chi connectivity index (χ0n) is 10.2. The Hall–Kier alpha value is -2.20. The van der Waals surface area contributed by atoms with Crippen LogP contribution in [0.1, 0.15) is 6.42 Å². The fraction of sp³-hybridized carbons (Fsp3) is 0.300. The Labute approximate surface area is 114 Å². The predicted molar refractivity (Wildman–Crippen MR) is 69.2 cm³/mol. The molecule has 1 aliphatic rings. The number of sulfonamides is 1. The maximum absolute atomic E-state index is 12.2. The van der Waals surface area contributed by atoms with Gasteiger partial charge in [-0.05, 0) is 12.1 Å². The van der Waals surface area contributed by atoms with Gasteiger partial charge in [-0.1, -0.05) is 6.07 Å². The number of nitrogens with one attached hydrogen (secondary N) is 2. The van der Waals surface area contributed by atoms with Crippen molar-refractivity contribution in [1.82, 2.24) is 10.0 Å². The summed E-state index contributed by atoms with van der Waals surface area (Å²) in [5.74, 6) is -0.278. The number of nitrogens with two attached hydrogens (primary N) is 1. The summed E-state index contributed by atoms with van der Waals surface area (Å²) in [6.07, 6.45) is -0.00462. The summed E-state index contributed by atoms with van der Waals surface area (Å²) in [5, 5.41) is 13.4. The molecule has 1 heterocycles. The molecular weight excluding hydrogens is 288 g/mol. The molecule has 0 aliphatic carbocycles. The third kappa shape index (κ3) is 2.70. The van der Waals surface area contributed by atoms with Crippen LogP contribution in [0.4, 0.5) is 11.4 Å². The zero-order valence-corrected chi connectivity index (χ0v) is 11.0. The van der Waals surface area contributed by atoms with E-state index in [1.54, 1.807) is 0 Å². The van der Waals surface area contributed by atoms with Gasteiger partial charge >= 0.3 is 5.69 Å². The Kier molecular flexibility index (Phi) is 3.59. The van der Waals surface area contributed by atoms with E-state index in [-0.39, 0.29) is 24.6 Å². The van der Waals surface area contributed by atoms with E-state index in [9.17, 15) is 23.3 Å². The maximum atomic E-state index is 12.2. The molecule has 1 aromatic carbocycles. The predicted octanol–water partition coefficient (Wildman–Crippen LogP) is -0.656. The summed E-state index contributed by atoms with van der Waals surface area (Å²) in [6, 6.07) is 3.03. The minimum absolute atomic E-state index is 0.00462. The average Bonchev–Trinajstić information content (AvgIpc) is 2.73. The number of nitrogens with zero attached hydrogens (tertiary/aromatic N) is 1. The second-order valence-electron chi connectivity index (χ2n) is 4.28. The average molecular weight is 300 g/mol. The molecule has 1 fully saturated rings. The molecule has 4 N–H and O–H groups in total. The second kappa shape index (κ2) is 5.06. The molecule has 0 aromatic heterocycles. The summed E-state index contributed by atoms with van der Waals surface area (Å²) < 4.78 is 26.6. The van der Waals surface area contributed by atoms with Crippen LogP contribution < -0.4 is 15.8 Å². The molecule has 9 nitrogen and oxygen atoms in total. The number of hydrogen-bond donors (Lipinski definition) is 3. The highest BCUT2D eigenvalue weighted by atomic mass is 32.2. The van der Waals surface area contributed by atoms with Crippen LogP contribution in [0.25, 0.3) is 0 Å². The first-order chi connectivity index (χ1) is 9.31. The minimum atomic E-state index is -4.13. The van der Waals surface area contributed by atoms with E-state index in [2.05, 4.69) is 10.0 Å². The number of para-hydroxylation sites is 1. The monoisotopic (exact) mass is 300 g/mol. The van der Waals surface area contributed by atoms with E-state index in [0.29, 0.717) is 0 Å². The van der Waals surface area contributed by atoms with Crippen molar-refractivity contribution < 1.29 is 18.1 Å². The van der Waals surface area contributed by atoms with E-state index in [0.717, 1.165) is 6.07 Å². The number of nitro groups is 1. The van der Waals surface area contributed by atoms with E-state index in [1.165, 1.54) is 12.1 Å². The van der Waals surface area contributed by atoms with Crippen molar-refractivity contribution in [1.29, 1.82) is 0 Å². The zero-order chi connectivity index (χ0) is 14.9. The fourth-order valence-electron chi connectivity index (χ4n) is 1.92. The van der Waals surface area contributed by atoms with Gasteiger partial charge in [-0.15, -0.1) is 0 Å². The Morgan fingerprint density at radius 1 is 1.45 bits per heavy atom. The van der Waals surface area contributed by atoms with Crippen LogP contribution >= 0.6 is 0 Å². The number of carbonyl (C=O) groups excluding carboxylic acids is 1. The standard InChI is InChI=1S/C10H12N4O5S/c11-7-2-1-3-8(10(7)14(16)17)20(18,19)13-6-4-9(15)12-5-6/h1-3,6,13H,4-5,11H2,(H,12,15). The van der Waals surface area contributed by atoms with Crippen molar-refractivity contribution in [3.63, 3.8) is 0 Å². The van der Waals surface area contributed by atoms with Gasteiger partial charge in [-0.2, -0.15) is 0 Å². The van der Waals surface area contributed by atoms with Gasteiger partial charge in [0.15, 0.2) is 4.90 Å². The molecule has 1 atom stereocenters. The van der Waals surface area contributed by atoms with Crippen LogP contribution in [0, 0.1) is 10.1 Å². The van der Waals surface area contributed by atoms with Crippen molar-refractivity contribution in [2.75, 3.05) is 12.3 Å². The number of amides is 1. The fourth-order valence-corrected chi connectivity index (χ4v) is 3.36. The minimum Gasteiger partial charge on any atom is -0.393 e. The molecule has 1 amide bonds. The van der Waals surface area contributed by atoms with Gasteiger partial charge in [-0.25, -0.2) is 13.1 Å². The van der Waals surface area contributed by atoms with Gasteiger partial charge in [0.25, 0.3) is 0 Å². The Morgan fingerprint density at radius 2 is 2.15 bits per heavy atom. The van der Waals surface area contributed by atoms with E-state index < -0.39 is 31.6 Å². The molecule has 0 saturated carbocycles. The highest BCUT2D eigenvalue weighted by Gasteiger charge is 2.32. The third-order valence-corrected chi connectivity index (χ3v) is 4.35. The molecule has 1 aromatic rings. The lowest BCUT2D eigenvalue weighted by molar-refractivity contribution is -0.386. The number of nitro benzene ring substituents is 1. The van der Waals surface area contributed by atoms with Crippen molar-refractivity contribution in [2.24, 2.45) is 0 Å². The van der Waals surface area contributed by atoms with Crippen LogP contribution in [-0.4, -0.2) is 31.8 Å². The van der Waals surface area contributed by atoms with Crippen LogP contribution in [0.3, 0.4) is 0 Å². The van der Waals surface area contributed by atoms with Crippen LogP contribution in [-0.2, 0) is 14.8 Å². The number of nitrogen functional groups attached to an aromatic ring is 1. The first-order valence-electron chi connectivity index (χ1n) is 5.63. The number of anilines is 1. The summed E-state index contributed by atoms with van der Waals surface area (Å²) in [7, 11) is -4.13. The Morgan fingerprint density at radius 3 is 2.70 bits per heavy atom. The maximum Gasteiger partial charge on any atom is 0.312 e. The molecule has 1 unspecified atom stereocenters. The van der Waals surface area contributed by atoms with Crippen LogP contribution in [0.2, 0.25) is 0 Å². The number of rotatable bonds is 4. The quantitative estimate of drug-likeness (QED) is 0.382. The lowest BCUT2D eigenvalue weighted by Gasteiger charge is -2.12. The largest absolute Gasteiger partial charge is 0.393 e. The molecule has 2 rings (SSSR count). The van der Waals surface area contributed by atoms with Crippen molar-refractivity contribution in [3.05, 3.63) is 28.3 Å². The third-order valence-electron chi connectivity index (χ3n) is 2.80. The summed E-state index contributed by atoms with van der Waals surface area (Å²) in [6.45, 7) is 0.147. The molecule has 0 spiro atoms. The highest BCUT2D eigenvalue weighted by Crippen LogP contribution is 2.29. The molecular formula is C10H12N4O5S. The number of hydrogen-bond acceptors (Lipinski definition) is 6. The van der Waals surface area contributed by atoms with Gasteiger partial charge in [0.1, 0.15) is 5.69 Å². The number of benzene rings is 1. The smallest absolute Gasteiger partial charge is 0.312 e. The summed E-state index contributed by atoms with van der Waals surface area (Å²) >= 11 is 0. The van der Waals surface area contributed by atoms with Crippen molar-refractivity contribution >= 4 is 27.3 Å². The first-order valence-corrected chi connectivity index (χ1v) is 7.11. The lowest BCUT2D eigenvalue weighted by Crippen LogP contribution is -2.36. The topological polar surface area (TPSA) is 144 Å². The second-order valence-corrected chi connectivity index (χ2v) is 5.96. The van der Waals surface area contributed by atoms with Gasteiger partial charge in [0.2, 0.25) is 15.9 Å². The van der Waals surface area contributed by atoms with Crippen molar-refractivity contribution in [3.8, 4) is 0 Å². The normalized spacial score (nSPS) is 18.8. The SMILES string of the molecule is Nc1cccc(S(=O)(=O)NC2CNC(=O)C2)c1[N+](=O)[O-]. The summed E-state index contributed by atoms with van der Waals surface area (Å²) in [4.78, 5) is 20.6.